The van der Waals surface area contributed by atoms with E-state index < -0.39 is 0 Å². The molecule has 4 rings (SSSR count). The van der Waals surface area contributed by atoms with Crippen molar-refractivity contribution in [2.75, 3.05) is 14.2 Å². The van der Waals surface area contributed by atoms with Crippen LogP contribution in [0.5, 0.6) is 11.5 Å². The van der Waals surface area contributed by atoms with Crippen molar-refractivity contribution in [2.45, 2.75) is 13.0 Å². The van der Waals surface area contributed by atoms with Crippen LogP contribution in [0, 0.1) is 0 Å². The largest absolute Gasteiger partial charge is 0.497 e. The molecule has 1 aromatic heterocycles. The number of aromatic nitrogens is 1. The molecular weight excluding hydrogens is 266 g/mol. The van der Waals surface area contributed by atoms with Crippen LogP contribution in [0.1, 0.15) is 5.56 Å². The molecule has 1 aliphatic heterocycles. The summed E-state index contributed by atoms with van der Waals surface area (Å²) in [6, 6.07) is 9.62. The molecule has 1 aliphatic rings. The number of hydrogen-bond donors (Lipinski definition) is 0. The van der Waals surface area contributed by atoms with E-state index in [2.05, 4.69) is 6.07 Å². The second-order valence-corrected chi connectivity index (χ2v) is 5.27. The first kappa shape index (κ1) is 12.3. The summed E-state index contributed by atoms with van der Waals surface area (Å²) in [5, 5.41) is 2.60. The first-order valence-electron chi connectivity index (χ1n) is 6.94. The van der Waals surface area contributed by atoms with Crippen LogP contribution in [0.4, 0.5) is 0 Å². The standard InChI is InChI=1S/C17H15NO3/c1-20-11-4-5-12-13(9-11)15-14(21-2)6-3-10-7-8-18(16(10)15)17(12)19/h3-6,9H,7-8H2,1-2H3. The summed E-state index contributed by atoms with van der Waals surface area (Å²) in [5.74, 6) is 1.54. The van der Waals surface area contributed by atoms with Crippen molar-refractivity contribution in [3.8, 4) is 11.5 Å². The number of methoxy groups -OCH3 is 2. The molecule has 0 amide bonds. The van der Waals surface area contributed by atoms with Gasteiger partial charge in [0.25, 0.3) is 5.56 Å². The van der Waals surface area contributed by atoms with Gasteiger partial charge in [-0.25, -0.2) is 0 Å². The van der Waals surface area contributed by atoms with Crippen LogP contribution in [0.3, 0.4) is 0 Å². The van der Waals surface area contributed by atoms with E-state index in [-0.39, 0.29) is 5.56 Å². The maximum Gasteiger partial charge on any atom is 0.258 e. The summed E-state index contributed by atoms with van der Waals surface area (Å²) in [7, 11) is 3.29. The quantitative estimate of drug-likeness (QED) is 0.678. The Balaban J connectivity index is 2.32. The average Bonchev–Trinajstić information content (AvgIpc) is 2.96. The molecule has 0 spiro atoms. The van der Waals surface area contributed by atoms with E-state index in [0.717, 1.165) is 40.8 Å². The number of fused-ring (bicyclic) bond motifs is 2. The van der Waals surface area contributed by atoms with Crippen molar-refractivity contribution in [1.29, 1.82) is 0 Å². The zero-order valence-electron chi connectivity index (χ0n) is 12.0. The molecule has 0 saturated heterocycles. The second kappa shape index (κ2) is 4.25. The Hall–Kier alpha value is -2.49. The number of nitrogens with zero attached hydrogens (tertiary/aromatic N) is 1. The first-order chi connectivity index (χ1) is 10.2. The predicted octanol–water partition coefficient (Wildman–Crippen LogP) is 2.73. The van der Waals surface area contributed by atoms with Gasteiger partial charge in [-0.3, -0.25) is 4.79 Å². The number of benzene rings is 2. The van der Waals surface area contributed by atoms with Gasteiger partial charge in [0.15, 0.2) is 0 Å². The van der Waals surface area contributed by atoms with Gasteiger partial charge >= 0.3 is 0 Å². The molecule has 0 saturated carbocycles. The van der Waals surface area contributed by atoms with E-state index in [0.29, 0.717) is 5.39 Å². The van der Waals surface area contributed by atoms with Crippen molar-refractivity contribution in [3.63, 3.8) is 0 Å². The van der Waals surface area contributed by atoms with Gasteiger partial charge in [0.2, 0.25) is 0 Å². The lowest BCUT2D eigenvalue weighted by atomic mass is 10.0. The highest BCUT2D eigenvalue weighted by atomic mass is 16.5. The monoisotopic (exact) mass is 281 g/mol. The minimum Gasteiger partial charge on any atom is -0.497 e. The summed E-state index contributed by atoms with van der Waals surface area (Å²) < 4.78 is 12.7. The van der Waals surface area contributed by atoms with E-state index in [1.165, 1.54) is 5.56 Å². The maximum absolute atomic E-state index is 12.7. The summed E-state index contributed by atoms with van der Waals surface area (Å²) >= 11 is 0. The Labute approximate surface area is 121 Å². The summed E-state index contributed by atoms with van der Waals surface area (Å²) in [4.78, 5) is 12.7. The van der Waals surface area contributed by atoms with Crippen LogP contribution in [-0.2, 0) is 13.0 Å². The Morgan fingerprint density at radius 3 is 2.67 bits per heavy atom. The Bertz CT molecular complexity index is 940. The van der Waals surface area contributed by atoms with Crippen molar-refractivity contribution >= 4 is 21.7 Å². The van der Waals surface area contributed by atoms with Gasteiger partial charge in [0.05, 0.1) is 19.7 Å². The molecule has 0 atom stereocenters. The molecule has 4 heteroatoms. The third-order valence-corrected chi connectivity index (χ3v) is 4.29. The van der Waals surface area contributed by atoms with Gasteiger partial charge in [-0.1, -0.05) is 6.07 Å². The fourth-order valence-electron chi connectivity index (χ4n) is 3.29. The van der Waals surface area contributed by atoms with Crippen LogP contribution in [0.15, 0.2) is 35.1 Å². The molecule has 2 aromatic carbocycles. The van der Waals surface area contributed by atoms with E-state index in [1.54, 1.807) is 14.2 Å². The molecule has 0 radical (unpaired) electrons. The van der Waals surface area contributed by atoms with E-state index in [1.807, 2.05) is 28.8 Å². The smallest absolute Gasteiger partial charge is 0.258 e. The number of hydrogen-bond acceptors (Lipinski definition) is 3. The summed E-state index contributed by atoms with van der Waals surface area (Å²) in [5.41, 5.74) is 2.26. The fourth-order valence-corrected chi connectivity index (χ4v) is 3.29. The van der Waals surface area contributed by atoms with Crippen LogP contribution < -0.4 is 15.0 Å². The molecule has 0 unspecified atom stereocenters. The van der Waals surface area contributed by atoms with Gasteiger partial charge < -0.3 is 14.0 Å². The van der Waals surface area contributed by atoms with E-state index in [9.17, 15) is 4.79 Å². The highest BCUT2D eigenvalue weighted by molar-refractivity contribution is 6.10. The van der Waals surface area contributed by atoms with E-state index in [4.69, 9.17) is 9.47 Å². The lowest BCUT2D eigenvalue weighted by Gasteiger charge is -2.12. The molecule has 0 aliphatic carbocycles. The first-order valence-corrected chi connectivity index (χ1v) is 6.94. The van der Waals surface area contributed by atoms with Crippen LogP contribution >= 0.6 is 0 Å². The van der Waals surface area contributed by atoms with Crippen LogP contribution in [-0.4, -0.2) is 18.8 Å². The molecule has 21 heavy (non-hydrogen) atoms. The Morgan fingerprint density at radius 2 is 1.90 bits per heavy atom. The van der Waals surface area contributed by atoms with Gasteiger partial charge in [-0.15, -0.1) is 0 Å². The van der Waals surface area contributed by atoms with Gasteiger partial charge in [0.1, 0.15) is 11.5 Å². The zero-order valence-corrected chi connectivity index (χ0v) is 12.0. The third-order valence-electron chi connectivity index (χ3n) is 4.29. The summed E-state index contributed by atoms with van der Waals surface area (Å²) in [6.07, 6.45) is 0.892. The predicted molar refractivity (Wildman–Crippen MR) is 82.5 cm³/mol. The minimum absolute atomic E-state index is 0.0622. The van der Waals surface area contributed by atoms with Crippen molar-refractivity contribution in [3.05, 3.63) is 46.2 Å². The third kappa shape index (κ3) is 1.53. The molecule has 0 bridgehead atoms. The van der Waals surface area contributed by atoms with Crippen molar-refractivity contribution < 1.29 is 9.47 Å². The lowest BCUT2D eigenvalue weighted by molar-refractivity contribution is 0.415. The Kier molecular flexibility index (Phi) is 2.48. The molecule has 0 fully saturated rings. The maximum atomic E-state index is 12.7. The average molecular weight is 281 g/mol. The Morgan fingerprint density at radius 1 is 1.05 bits per heavy atom. The van der Waals surface area contributed by atoms with Crippen molar-refractivity contribution in [2.24, 2.45) is 0 Å². The van der Waals surface area contributed by atoms with Gasteiger partial charge in [0, 0.05) is 22.7 Å². The fraction of sp³-hybridized carbons (Fsp3) is 0.235. The highest BCUT2D eigenvalue weighted by Gasteiger charge is 2.21. The topological polar surface area (TPSA) is 40.5 Å². The molecule has 2 heterocycles. The molecular formula is C17H15NO3. The molecule has 3 aromatic rings. The normalized spacial score (nSPS) is 13.0. The number of aryl methyl sites for hydroxylation is 2. The van der Waals surface area contributed by atoms with Gasteiger partial charge in [-0.2, -0.15) is 0 Å². The molecule has 4 nitrogen and oxygen atoms in total. The van der Waals surface area contributed by atoms with Gasteiger partial charge in [-0.05, 0) is 36.2 Å². The number of pyridine rings is 1. The molecule has 106 valence electrons. The van der Waals surface area contributed by atoms with E-state index >= 15 is 0 Å². The minimum atomic E-state index is 0.0622. The number of rotatable bonds is 2. The number of ether oxygens (including phenoxy) is 2. The summed E-state index contributed by atoms with van der Waals surface area (Å²) in [6.45, 7) is 0.736. The zero-order chi connectivity index (χ0) is 14.6. The second-order valence-electron chi connectivity index (χ2n) is 5.27. The van der Waals surface area contributed by atoms with Crippen molar-refractivity contribution in [1.82, 2.24) is 4.57 Å². The van der Waals surface area contributed by atoms with Crippen LogP contribution in [0.25, 0.3) is 21.7 Å². The van der Waals surface area contributed by atoms with Crippen LogP contribution in [0.2, 0.25) is 0 Å². The lowest BCUT2D eigenvalue weighted by Crippen LogP contribution is -2.18. The molecule has 0 N–H and O–H groups in total. The SMILES string of the molecule is COc1ccc2c(=O)n3c4c(ccc(OC)c4c2c1)CC3. The highest BCUT2D eigenvalue weighted by Crippen LogP contribution is 2.37.